The zero-order valence-electron chi connectivity index (χ0n) is 12.2. The van der Waals surface area contributed by atoms with Gasteiger partial charge in [0.25, 0.3) is 5.56 Å². The van der Waals surface area contributed by atoms with E-state index in [-0.39, 0.29) is 17.2 Å². The molecule has 24 heavy (non-hydrogen) atoms. The van der Waals surface area contributed by atoms with Crippen LogP contribution in [0.15, 0.2) is 53.3 Å². The molecule has 0 radical (unpaired) electrons. The average molecular weight is 324 g/mol. The highest BCUT2D eigenvalue weighted by atomic mass is 16.4. The van der Waals surface area contributed by atoms with Crippen LogP contribution in [0.3, 0.4) is 0 Å². The minimum Gasteiger partial charge on any atom is -0.507 e. The van der Waals surface area contributed by atoms with Crippen molar-refractivity contribution >= 4 is 17.6 Å². The van der Waals surface area contributed by atoms with Gasteiger partial charge in [-0.1, -0.05) is 30.3 Å². The fraction of sp³-hybridized carbons (Fsp3) is 0. The molecule has 0 spiro atoms. The van der Waals surface area contributed by atoms with Crippen LogP contribution in [0.5, 0.6) is 5.75 Å². The summed E-state index contributed by atoms with van der Waals surface area (Å²) in [7, 11) is 0. The molecule has 3 aromatic rings. The lowest BCUT2D eigenvalue weighted by Crippen LogP contribution is -2.15. The van der Waals surface area contributed by atoms with Crippen molar-refractivity contribution in [1.29, 1.82) is 0 Å². The fourth-order valence-corrected chi connectivity index (χ4v) is 2.11. The molecule has 8 heteroatoms. The van der Waals surface area contributed by atoms with Gasteiger partial charge in [0.05, 0.1) is 0 Å². The summed E-state index contributed by atoms with van der Waals surface area (Å²) in [5, 5.41) is 29.1. The van der Waals surface area contributed by atoms with Crippen LogP contribution in [0, 0.1) is 0 Å². The van der Waals surface area contributed by atoms with Gasteiger partial charge in [0.15, 0.2) is 5.69 Å². The molecule has 0 saturated carbocycles. The Balaban J connectivity index is 1.87. The van der Waals surface area contributed by atoms with Gasteiger partial charge in [-0.25, -0.2) is 4.79 Å². The lowest BCUT2D eigenvalue weighted by molar-refractivity contribution is 0.0694. The number of aromatic amines is 1. The van der Waals surface area contributed by atoms with Crippen LogP contribution >= 0.6 is 0 Å². The van der Waals surface area contributed by atoms with E-state index in [1.54, 1.807) is 24.3 Å². The molecule has 120 valence electrons. The number of hydrogen-bond donors (Lipinski definition) is 4. The van der Waals surface area contributed by atoms with Crippen LogP contribution in [0.4, 0.5) is 11.6 Å². The number of carboxylic acid groups (broad SMARTS) is 1. The van der Waals surface area contributed by atoms with Crippen molar-refractivity contribution in [3.8, 4) is 17.0 Å². The number of aromatic carboxylic acids is 1. The lowest BCUT2D eigenvalue weighted by atomic mass is 10.2. The van der Waals surface area contributed by atoms with Crippen molar-refractivity contribution in [3.05, 3.63) is 64.4 Å². The molecular weight excluding hydrogens is 312 g/mol. The Morgan fingerprint density at radius 3 is 2.46 bits per heavy atom. The Labute approximate surface area is 135 Å². The number of nitrogens with one attached hydrogen (secondary N) is 2. The molecule has 0 saturated heterocycles. The van der Waals surface area contributed by atoms with Crippen LogP contribution < -0.4 is 10.9 Å². The number of anilines is 2. The van der Waals surface area contributed by atoms with Gasteiger partial charge in [0.2, 0.25) is 5.95 Å². The number of carbonyl (C=O) groups is 1. The van der Waals surface area contributed by atoms with Crippen molar-refractivity contribution in [2.45, 2.75) is 0 Å². The topological polar surface area (TPSA) is 128 Å². The van der Waals surface area contributed by atoms with E-state index in [4.69, 9.17) is 5.11 Å². The van der Waals surface area contributed by atoms with Gasteiger partial charge >= 0.3 is 5.97 Å². The molecular formula is C16H12N4O4. The van der Waals surface area contributed by atoms with E-state index in [1.165, 1.54) is 18.2 Å². The van der Waals surface area contributed by atoms with Crippen LogP contribution in [0.2, 0.25) is 0 Å². The third-order valence-electron chi connectivity index (χ3n) is 3.24. The highest BCUT2D eigenvalue weighted by molar-refractivity contribution is 5.91. The third-order valence-corrected chi connectivity index (χ3v) is 3.24. The second-order valence-corrected chi connectivity index (χ2v) is 4.88. The van der Waals surface area contributed by atoms with Gasteiger partial charge in [-0.3, -0.25) is 9.78 Å². The molecule has 0 amide bonds. The van der Waals surface area contributed by atoms with Gasteiger partial charge < -0.3 is 15.5 Å². The van der Waals surface area contributed by atoms with E-state index in [1.807, 2.05) is 6.07 Å². The number of carboxylic acids is 1. The first-order valence-electron chi connectivity index (χ1n) is 6.90. The molecule has 0 unspecified atom stereocenters. The minimum absolute atomic E-state index is 0.0714. The number of benzene rings is 2. The number of rotatable bonds is 4. The maximum atomic E-state index is 12.1. The largest absolute Gasteiger partial charge is 0.507 e. The van der Waals surface area contributed by atoms with E-state index in [9.17, 15) is 14.7 Å². The number of aromatic nitrogens is 3. The molecule has 1 aromatic heterocycles. The zero-order chi connectivity index (χ0) is 17.1. The highest BCUT2D eigenvalue weighted by Crippen LogP contribution is 2.23. The molecule has 2 aromatic carbocycles. The number of hydrogen-bond acceptors (Lipinski definition) is 6. The summed E-state index contributed by atoms with van der Waals surface area (Å²) in [4.78, 5) is 25.5. The van der Waals surface area contributed by atoms with E-state index in [0.29, 0.717) is 11.3 Å². The van der Waals surface area contributed by atoms with Gasteiger partial charge in [-0.05, 0) is 12.1 Å². The first-order valence-corrected chi connectivity index (χ1v) is 6.90. The fourth-order valence-electron chi connectivity index (χ4n) is 2.11. The second-order valence-electron chi connectivity index (χ2n) is 4.88. The highest BCUT2D eigenvalue weighted by Gasteiger charge is 2.11. The Morgan fingerprint density at radius 2 is 1.83 bits per heavy atom. The summed E-state index contributed by atoms with van der Waals surface area (Å²) in [6.07, 6.45) is 0. The van der Waals surface area contributed by atoms with Crippen LogP contribution in [-0.2, 0) is 0 Å². The molecule has 4 N–H and O–H groups in total. The number of H-pyrrole nitrogens is 1. The number of aromatic hydroxyl groups is 1. The maximum absolute atomic E-state index is 12.1. The number of nitrogens with zero attached hydrogens (tertiary/aromatic N) is 2. The second kappa shape index (κ2) is 6.21. The lowest BCUT2D eigenvalue weighted by Gasteiger charge is -2.07. The Morgan fingerprint density at radius 1 is 1.08 bits per heavy atom. The van der Waals surface area contributed by atoms with Gasteiger partial charge in [0.1, 0.15) is 11.3 Å². The summed E-state index contributed by atoms with van der Waals surface area (Å²) < 4.78 is 0. The summed E-state index contributed by atoms with van der Waals surface area (Å²) in [6.45, 7) is 0. The molecule has 0 aliphatic rings. The molecule has 0 fully saturated rings. The van der Waals surface area contributed by atoms with Crippen LogP contribution in [0.25, 0.3) is 11.3 Å². The minimum atomic E-state index is -1.24. The normalized spacial score (nSPS) is 10.3. The first-order chi connectivity index (χ1) is 11.5. The molecule has 0 aliphatic carbocycles. The van der Waals surface area contributed by atoms with Crippen LogP contribution in [0.1, 0.15) is 10.4 Å². The molecule has 1 heterocycles. The SMILES string of the molecule is O=C(O)c1ccc(Nc2nnc(-c3ccccc3)c(=O)[nH]2)cc1O. The molecule has 0 bridgehead atoms. The maximum Gasteiger partial charge on any atom is 0.339 e. The predicted octanol–water partition coefficient (Wildman–Crippen LogP) is 1.98. The predicted molar refractivity (Wildman–Crippen MR) is 86.4 cm³/mol. The first kappa shape index (κ1) is 15.2. The van der Waals surface area contributed by atoms with Crippen molar-refractivity contribution in [2.24, 2.45) is 0 Å². The summed E-state index contributed by atoms with van der Waals surface area (Å²) >= 11 is 0. The Hall–Kier alpha value is -3.68. The van der Waals surface area contributed by atoms with Crippen LogP contribution in [-0.4, -0.2) is 31.4 Å². The van der Waals surface area contributed by atoms with Crippen molar-refractivity contribution < 1.29 is 15.0 Å². The van der Waals surface area contributed by atoms with E-state index < -0.39 is 17.3 Å². The zero-order valence-corrected chi connectivity index (χ0v) is 12.2. The Bertz CT molecular complexity index is 954. The standard InChI is InChI=1S/C16H12N4O4/c21-12-8-10(6-7-11(12)15(23)24)17-16-18-14(22)13(19-20-16)9-4-2-1-3-5-9/h1-8,21H,(H,23,24)(H2,17,18,20,22). The van der Waals surface area contributed by atoms with Gasteiger partial charge in [0, 0.05) is 17.3 Å². The van der Waals surface area contributed by atoms with Crippen molar-refractivity contribution in [1.82, 2.24) is 15.2 Å². The molecule has 3 rings (SSSR count). The molecule has 0 aliphatic heterocycles. The smallest absolute Gasteiger partial charge is 0.339 e. The monoisotopic (exact) mass is 324 g/mol. The van der Waals surface area contributed by atoms with Crippen molar-refractivity contribution in [2.75, 3.05) is 5.32 Å². The third kappa shape index (κ3) is 3.07. The summed E-state index contributed by atoms with van der Waals surface area (Å²) in [5.41, 5.74) is 0.533. The van der Waals surface area contributed by atoms with Gasteiger partial charge in [-0.2, -0.15) is 0 Å². The van der Waals surface area contributed by atoms with E-state index in [2.05, 4.69) is 20.5 Å². The average Bonchev–Trinajstić information content (AvgIpc) is 2.55. The summed E-state index contributed by atoms with van der Waals surface area (Å²) in [5.74, 6) is -1.56. The Kier molecular flexibility index (Phi) is 3.94. The van der Waals surface area contributed by atoms with Gasteiger partial charge in [-0.15, -0.1) is 10.2 Å². The summed E-state index contributed by atoms with van der Waals surface area (Å²) in [6, 6.07) is 12.8. The molecule has 8 nitrogen and oxygen atoms in total. The van der Waals surface area contributed by atoms with Crippen molar-refractivity contribution in [3.63, 3.8) is 0 Å². The quantitative estimate of drug-likeness (QED) is 0.577. The van der Waals surface area contributed by atoms with E-state index in [0.717, 1.165) is 0 Å². The molecule has 0 atom stereocenters. The number of phenols is 1. The van der Waals surface area contributed by atoms with E-state index >= 15 is 0 Å².